The molecule has 0 aliphatic heterocycles. The number of carbonyl (C=O) groups is 2. The van der Waals surface area contributed by atoms with Crippen LogP contribution >= 0.6 is 0 Å². The summed E-state index contributed by atoms with van der Waals surface area (Å²) < 4.78 is 4.89. The Morgan fingerprint density at radius 1 is 1.28 bits per heavy atom. The van der Waals surface area contributed by atoms with Gasteiger partial charge in [-0.2, -0.15) is 5.10 Å². The number of anilines is 1. The molecule has 4 N–H and O–H groups in total. The monoisotopic (exact) mass is 346 g/mol. The number of nitrogens with one attached hydrogen (secondary N) is 4. The highest BCUT2D eigenvalue weighted by Crippen LogP contribution is 2.10. The van der Waals surface area contributed by atoms with Crippen LogP contribution in [0.25, 0.3) is 0 Å². The first-order chi connectivity index (χ1) is 11.9. The molecule has 0 aliphatic rings. The number of hydrogen-bond donors (Lipinski definition) is 4. The lowest BCUT2D eigenvalue weighted by atomic mass is 10.2. The molecule has 0 spiro atoms. The lowest BCUT2D eigenvalue weighted by Crippen LogP contribution is -2.31. The molecule has 1 heterocycles. The Kier molecular flexibility index (Phi) is 5.77. The molecule has 0 radical (unpaired) electrons. The molecule has 130 valence electrons. The Labute approximate surface area is 140 Å². The van der Waals surface area contributed by atoms with Gasteiger partial charge < -0.3 is 10.1 Å². The van der Waals surface area contributed by atoms with Crippen LogP contribution in [0.5, 0.6) is 5.75 Å². The third-order valence-electron chi connectivity index (χ3n) is 2.67. The second kappa shape index (κ2) is 8.19. The summed E-state index contributed by atoms with van der Waals surface area (Å²) in [5.41, 5.74) is 1.43. The molecule has 0 bridgehead atoms. The van der Waals surface area contributed by atoms with E-state index in [1.807, 2.05) is 10.1 Å². The fraction of sp³-hybridized carbons (Fsp3) is 0.143. The molecule has 0 saturated heterocycles. The van der Waals surface area contributed by atoms with E-state index in [-0.39, 0.29) is 12.4 Å². The molecule has 1 aromatic carbocycles. The maximum absolute atomic E-state index is 11.6. The molecule has 0 aliphatic carbocycles. The fourth-order valence-corrected chi connectivity index (χ4v) is 1.64. The summed E-state index contributed by atoms with van der Waals surface area (Å²) in [6.45, 7) is 1.03. The van der Waals surface area contributed by atoms with Crippen LogP contribution in [0.4, 0.5) is 5.82 Å². The number of amides is 1. The number of rotatable bonds is 6. The molecule has 0 saturated carbocycles. The topological polar surface area (TPSA) is 158 Å². The van der Waals surface area contributed by atoms with Crippen LogP contribution in [0.3, 0.4) is 0 Å². The summed E-state index contributed by atoms with van der Waals surface area (Å²) in [5.74, 6) is -0.742. The van der Waals surface area contributed by atoms with E-state index in [4.69, 9.17) is 4.74 Å². The van der Waals surface area contributed by atoms with Crippen molar-refractivity contribution >= 4 is 23.9 Å². The average Bonchev–Trinajstić information content (AvgIpc) is 2.55. The zero-order valence-electron chi connectivity index (χ0n) is 13.0. The molecule has 0 unspecified atom stereocenters. The number of hydrazone groups is 1. The number of ether oxygens (including phenoxy) is 1. The minimum atomic E-state index is -0.746. The van der Waals surface area contributed by atoms with Crippen molar-refractivity contribution in [2.75, 3.05) is 11.9 Å². The maximum Gasteiger partial charge on any atom is 0.342 e. The summed E-state index contributed by atoms with van der Waals surface area (Å²) in [7, 11) is 0. The van der Waals surface area contributed by atoms with Crippen LogP contribution in [0.15, 0.2) is 39.0 Å². The number of aromatic nitrogens is 3. The first-order valence-electron chi connectivity index (χ1n) is 6.97. The molecule has 25 heavy (non-hydrogen) atoms. The van der Waals surface area contributed by atoms with E-state index < -0.39 is 23.1 Å². The summed E-state index contributed by atoms with van der Waals surface area (Å²) in [6.07, 6.45) is 1.39. The zero-order chi connectivity index (χ0) is 18.2. The second-order valence-electron chi connectivity index (χ2n) is 4.66. The Morgan fingerprint density at radius 3 is 2.64 bits per heavy atom. The number of carbonyl (C=O) groups excluding carboxylic acids is 2. The first kappa shape index (κ1) is 17.6. The van der Waals surface area contributed by atoms with Gasteiger partial charge in [0.25, 0.3) is 11.5 Å². The third-order valence-corrected chi connectivity index (χ3v) is 2.67. The highest BCUT2D eigenvalue weighted by molar-refractivity contribution is 5.84. The molecular formula is C14H14N6O5. The van der Waals surface area contributed by atoms with Gasteiger partial charge in [-0.1, -0.05) is 0 Å². The van der Waals surface area contributed by atoms with Crippen LogP contribution < -0.4 is 26.7 Å². The van der Waals surface area contributed by atoms with Crippen LogP contribution in [-0.2, 0) is 9.59 Å². The number of hydrogen-bond acceptors (Lipinski definition) is 8. The Morgan fingerprint density at radius 2 is 2.00 bits per heavy atom. The smallest absolute Gasteiger partial charge is 0.342 e. The van der Waals surface area contributed by atoms with Gasteiger partial charge in [0.1, 0.15) is 5.75 Å². The highest BCUT2D eigenvalue weighted by Gasteiger charge is 2.04. The van der Waals surface area contributed by atoms with E-state index in [9.17, 15) is 19.2 Å². The second-order valence-corrected chi connectivity index (χ2v) is 4.66. The predicted octanol–water partition coefficient (Wildman–Crippen LogP) is -1.05. The van der Waals surface area contributed by atoms with Crippen LogP contribution in [0.1, 0.15) is 12.5 Å². The van der Waals surface area contributed by atoms with Gasteiger partial charge in [0.05, 0.1) is 12.8 Å². The van der Waals surface area contributed by atoms with Gasteiger partial charge >= 0.3 is 11.7 Å². The predicted molar refractivity (Wildman–Crippen MR) is 87.5 cm³/mol. The maximum atomic E-state index is 11.6. The molecule has 2 rings (SSSR count). The summed E-state index contributed by atoms with van der Waals surface area (Å²) >= 11 is 0. The SMILES string of the molecule is CC(=O)Oc1ccc(/C=N/NC(=O)CNc2n[nH]c(=O)[nH]c2=O)cc1. The molecule has 11 heteroatoms. The number of esters is 1. The molecule has 1 amide bonds. The molecule has 0 fully saturated rings. The Balaban J connectivity index is 1.82. The summed E-state index contributed by atoms with van der Waals surface area (Å²) in [6, 6.07) is 6.46. The van der Waals surface area contributed by atoms with Crippen molar-refractivity contribution in [1.29, 1.82) is 0 Å². The standard InChI is InChI=1S/C14H14N6O5/c1-8(21)25-10-4-2-9(3-5-10)6-16-18-11(22)7-15-12-13(23)17-14(24)20-19-12/h2-6H,7H2,1H3,(H,15,19)(H,18,22)(H2,17,20,23,24)/b16-6+. The zero-order valence-corrected chi connectivity index (χ0v) is 13.0. The Hall–Kier alpha value is -3.76. The average molecular weight is 346 g/mol. The lowest BCUT2D eigenvalue weighted by molar-refractivity contribution is -0.131. The van der Waals surface area contributed by atoms with Crippen molar-refractivity contribution in [3.63, 3.8) is 0 Å². The third kappa shape index (κ3) is 5.74. The quantitative estimate of drug-likeness (QED) is 0.225. The van der Waals surface area contributed by atoms with E-state index in [2.05, 4.69) is 20.9 Å². The van der Waals surface area contributed by atoms with Gasteiger partial charge in [-0.15, -0.1) is 5.10 Å². The van der Waals surface area contributed by atoms with Crippen molar-refractivity contribution < 1.29 is 14.3 Å². The minimum Gasteiger partial charge on any atom is -0.427 e. The first-order valence-corrected chi connectivity index (χ1v) is 6.97. The van der Waals surface area contributed by atoms with Crippen LogP contribution in [0, 0.1) is 0 Å². The van der Waals surface area contributed by atoms with E-state index in [1.165, 1.54) is 13.1 Å². The number of H-pyrrole nitrogens is 2. The van der Waals surface area contributed by atoms with Gasteiger partial charge in [0.15, 0.2) is 0 Å². The molecule has 2 aromatic rings. The molecular weight excluding hydrogens is 332 g/mol. The van der Waals surface area contributed by atoms with Gasteiger partial charge in [-0.05, 0) is 29.8 Å². The van der Waals surface area contributed by atoms with Gasteiger partial charge in [-0.3, -0.25) is 19.4 Å². The molecule has 0 atom stereocenters. The van der Waals surface area contributed by atoms with E-state index in [0.29, 0.717) is 11.3 Å². The van der Waals surface area contributed by atoms with Crippen molar-refractivity contribution in [3.05, 3.63) is 50.7 Å². The van der Waals surface area contributed by atoms with Crippen molar-refractivity contribution in [2.45, 2.75) is 6.92 Å². The van der Waals surface area contributed by atoms with Gasteiger partial charge in [-0.25, -0.2) is 15.3 Å². The van der Waals surface area contributed by atoms with Crippen LogP contribution in [0.2, 0.25) is 0 Å². The van der Waals surface area contributed by atoms with Crippen molar-refractivity contribution in [3.8, 4) is 5.75 Å². The van der Waals surface area contributed by atoms with Crippen molar-refractivity contribution in [2.24, 2.45) is 5.10 Å². The van der Waals surface area contributed by atoms with E-state index in [0.717, 1.165) is 0 Å². The Bertz CT molecular complexity index is 899. The van der Waals surface area contributed by atoms with Gasteiger partial charge in [0.2, 0.25) is 5.82 Å². The number of nitrogens with zero attached hydrogens (tertiary/aromatic N) is 2. The normalized spacial score (nSPS) is 10.4. The number of aromatic amines is 2. The lowest BCUT2D eigenvalue weighted by Gasteiger charge is -2.02. The highest BCUT2D eigenvalue weighted by atomic mass is 16.5. The minimum absolute atomic E-state index is 0.195. The summed E-state index contributed by atoms with van der Waals surface area (Å²) in [5, 5.41) is 11.7. The van der Waals surface area contributed by atoms with Crippen molar-refractivity contribution in [1.82, 2.24) is 20.6 Å². The summed E-state index contributed by atoms with van der Waals surface area (Å²) in [4.78, 5) is 46.5. The van der Waals surface area contributed by atoms with E-state index in [1.54, 1.807) is 24.3 Å². The van der Waals surface area contributed by atoms with Crippen LogP contribution in [-0.4, -0.2) is 39.8 Å². The molecule has 11 nitrogen and oxygen atoms in total. The van der Waals surface area contributed by atoms with E-state index >= 15 is 0 Å². The molecule has 1 aromatic heterocycles. The number of benzene rings is 1. The van der Waals surface area contributed by atoms with Gasteiger partial charge in [0, 0.05) is 6.92 Å². The fourth-order valence-electron chi connectivity index (χ4n) is 1.64. The largest absolute Gasteiger partial charge is 0.427 e.